The van der Waals surface area contributed by atoms with E-state index in [1.165, 1.54) is 17.0 Å². The van der Waals surface area contributed by atoms with Crippen molar-refractivity contribution in [2.45, 2.75) is 50.2 Å². The highest BCUT2D eigenvalue weighted by Crippen LogP contribution is 2.17. The number of carboxylic acids is 1. The van der Waals surface area contributed by atoms with Crippen LogP contribution in [0.2, 0.25) is 0 Å². The number of hydrogen-bond acceptors (Lipinski definition) is 7. The Bertz CT molecular complexity index is 933. The first-order valence-electron chi connectivity index (χ1n) is 11.3. The lowest BCUT2D eigenvalue weighted by Crippen LogP contribution is -2.54. The molecule has 192 valence electrons. The van der Waals surface area contributed by atoms with Crippen molar-refractivity contribution in [3.8, 4) is 5.75 Å². The summed E-state index contributed by atoms with van der Waals surface area (Å²) in [6.45, 7) is 0.194. The highest BCUT2D eigenvalue weighted by Gasteiger charge is 2.34. The van der Waals surface area contributed by atoms with E-state index in [1.807, 2.05) is 0 Å². The van der Waals surface area contributed by atoms with Crippen molar-refractivity contribution in [2.24, 2.45) is 22.2 Å². The maximum atomic E-state index is 12.9. The predicted octanol–water partition coefficient (Wildman–Crippen LogP) is -2.01. The van der Waals surface area contributed by atoms with Gasteiger partial charge in [0.05, 0.1) is 12.6 Å². The van der Waals surface area contributed by atoms with Crippen molar-refractivity contribution in [3.05, 3.63) is 29.8 Å². The molecule has 2 rings (SSSR count). The van der Waals surface area contributed by atoms with Crippen molar-refractivity contribution in [1.29, 1.82) is 0 Å². The molecule has 0 bridgehead atoms. The molecule has 13 heteroatoms. The van der Waals surface area contributed by atoms with Gasteiger partial charge in [0, 0.05) is 19.5 Å². The molecule has 3 atom stereocenters. The fourth-order valence-electron chi connectivity index (χ4n) is 3.72. The Kier molecular flexibility index (Phi) is 10.3. The van der Waals surface area contributed by atoms with Crippen molar-refractivity contribution in [2.75, 3.05) is 19.6 Å². The van der Waals surface area contributed by atoms with E-state index in [4.69, 9.17) is 17.2 Å². The summed E-state index contributed by atoms with van der Waals surface area (Å²) >= 11 is 0. The summed E-state index contributed by atoms with van der Waals surface area (Å²) in [5, 5.41) is 23.8. The molecule has 1 aliphatic rings. The number of nitrogens with zero attached hydrogens (tertiary/aromatic N) is 2. The van der Waals surface area contributed by atoms with Crippen LogP contribution >= 0.6 is 0 Å². The second kappa shape index (κ2) is 13.1. The molecule has 0 radical (unpaired) electrons. The van der Waals surface area contributed by atoms with Crippen LogP contribution < -0.4 is 27.8 Å². The smallest absolute Gasteiger partial charge is 0.326 e. The Labute approximate surface area is 202 Å². The number of carbonyl (C=O) groups is 4. The number of carbonyl (C=O) groups excluding carboxylic acids is 3. The highest BCUT2D eigenvalue weighted by molar-refractivity contribution is 5.93. The van der Waals surface area contributed by atoms with Gasteiger partial charge in [-0.25, -0.2) is 4.79 Å². The van der Waals surface area contributed by atoms with Gasteiger partial charge in [-0.05, 0) is 43.4 Å². The molecule has 1 saturated heterocycles. The number of nitrogens with one attached hydrogen (secondary N) is 2. The van der Waals surface area contributed by atoms with Crippen LogP contribution in [0, 0.1) is 0 Å². The van der Waals surface area contributed by atoms with Crippen LogP contribution in [0.3, 0.4) is 0 Å². The number of rotatable bonds is 12. The minimum Gasteiger partial charge on any atom is -0.508 e. The van der Waals surface area contributed by atoms with E-state index < -0.39 is 48.4 Å². The summed E-state index contributed by atoms with van der Waals surface area (Å²) in [5.41, 5.74) is 17.1. The molecule has 1 aromatic rings. The molecule has 1 heterocycles. The summed E-state index contributed by atoms with van der Waals surface area (Å²) in [6.07, 6.45) is 1.73. The summed E-state index contributed by atoms with van der Waals surface area (Å²) < 4.78 is 0. The van der Waals surface area contributed by atoms with Crippen molar-refractivity contribution in [1.82, 2.24) is 15.5 Å². The average molecular weight is 492 g/mol. The number of phenolic OH excluding ortho intramolecular Hbond substituents is 1. The maximum Gasteiger partial charge on any atom is 0.326 e. The molecule has 13 nitrogen and oxygen atoms in total. The lowest BCUT2D eigenvalue weighted by atomic mass is 10.0. The molecule has 1 aliphatic heterocycles. The molecular weight excluding hydrogens is 458 g/mol. The van der Waals surface area contributed by atoms with Gasteiger partial charge in [0.15, 0.2) is 5.96 Å². The molecule has 3 unspecified atom stereocenters. The second-order valence-electron chi connectivity index (χ2n) is 8.29. The van der Waals surface area contributed by atoms with Crippen LogP contribution in [0.5, 0.6) is 5.75 Å². The molecule has 3 amide bonds. The SMILES string of the molecule is NC(N)=NCCCC(N)C(=O)NC(Cc1ccc(O)cc1)C(=O)NCC(=O)N1CCCC1C(=O)O. The zero-order valence-electron chi connectivity index (χ0n) is 19.4. The largest absolute Gasteiger partial charge is 0.508 e. The Morgan fingerprint density at radius 3 is 2.46 bits per heavy atom. The molecule has 0 saturated carbocycles. The van der Waals surface area contributed by atoms with Crippen molar-refractivity contribution >= 4 is 29.7 Å². The maximum absolute atomic E-state index is 12.9. The van der Waals surface area contributed by atoms with Crippen LogP contribution in [0.1, 0.15) is 31.2 Å². The number of carboxylic acid groups (broad SMARTS) is 1. The van der Waals surface area contributed by atoms with Gasteiger partial charge in [0.1, 0.15) is 17.8 Å². The van der Waals surface area contributed by atoms with E-state index in [0.29, 0.717) is 37.9 Å². The second-order valence-corrected chi connectivity index (χ2v) is 8.29. The standard InChI is InChI=1S/C22H33N7O6/c23-15(3-1-9-26-22(24)25)19(32)28-16(11-13-5-7-14(30)8-6-13)20(33)27-12-18(31)29-10-2-4-17(29)21(34)35/h5-8,15-17,30H,1-4,9-12,23H2,(H,27,33)(H,28,32)(H,34,35)(H4,24,25,26). The summed E-state index contributed by atoms with van der Waals surface area (Å²) in [4.78, 5) is 54.4. The van der Waals surface area contributed by atoms with Crippen LogP contribution in [0.4, 0.5) is 0 Å². The van der Waals surface area contributed by atoms with E-state index in [1.54, 1.807) is 12.1 Å². The van der Waals surface area contributed by atoms with Gasteiger partial charge in [-0.2, -0.15) is 0 Å². The van der Waals surface area contributed by atoms with Gasteiger partial charge in [-0.15, -0.1) is 0 Å². The molecule has 10 N–H and O–H groups in total. The number of amides is 3. The van der Waals surface area contributed by atoms with Gasteiger partial charge in [0.2, 0.25) is 17.7 Å². The summed E-state index contributed by atoms with van der Waals surface area (Å²) in [7, 11) is 0. The van der Waals surface area contributed by atoms with Gasteiger partial charge in [0.25, 0.3) is 0 Å². The van der Waals surface area contributed by atoms with E-state index in [0.717, 1.165) is 0 Å². The summed E-state index contributed by atoms with van der Waals surface area (Å²) in [6, 6.07) is 3.21. The number of nitrogens with two attached hydrogens (primary N) is 3. The van der Waals surface area contributed by atoms with E-state index in [-0.39, 0.29) is 24.6 Å². The lowest BCUT2D eigenvalue weighted by Gasteiger charge is -2.23. The number of aromatic hydroxyl groups is 1. The molecule has 1 fully saturated rings. The lowest BCUT2D eigenvalue weighted by molar-refractivity contribution is -0.148. The molecule has 1 aromatic carbocycles. The first kappa shape index (κ1) is 27.4. The number of likely N-dealkylation sites (tertiary alicyclic amines) is 1. The van der Waals surface area contributed by atoms with Crippen molar-refractivity contribution < 1.29 is 29.4 Å². The van der Waals surface area contributed by atoms with Crippen LogP contribution in [0.25, 0.3) is 0 Å². The van der Waals surface area contributed by atoms with E-state index >= 15 is 0 Å². The minimum absolute atomic E-state index is 0.0470. The Morgan fingerprint density at radius 2 is 1.83 bits per heavy atom. The molecule has 0 aromatic heterocycles. The van der Waals surface area contributed by atoms with Crippen LogP contribution in [0.15, 0.2) is 29.3 Å². The third-order valence-electron chi connectivity index (χ3n) is 5.59. The van der Waals surface area contributed by atoms with Gasteiger partial charge in [-0.3, -0.25) is 19.4 Å². The first-order valence-corrected chi connectivity index (χ1v) is 11.3. The Morgan fingerprint density at radius 1 is 1.14 bits per heavy atom. The monoisotopic (exact) mass is 491 g/mol. The normalized spacial score (nSPS) is 16.7. The molecule has 0 aliphatic carbocycles. The fourth-order valence-corrected chi connectivity index (χ4v) is 3.72. The summed E-state index contributed by atoms with van der Waals surface area (Å²) in [5.74, 6) is -2.82. The molecular formula is C22H33N7O6. The van der Waals surface area contributed by atoms with Gasteiger partial charge in [-0.1, -0.05) is 12.1 Å². The van der Waals surface area contributed by atoms with Crippen LogP contribution in [-0.2, 0) is 25.6 Å². The van der Waals surface area contributed by atoms with E-state index in [9.17, 15) is 29.4 Å². The van der Waals surface area contributed by atoms with Crippen molar-refractivity contribution in [3.63, 3.8) is 0 Å². The fraction of sp³-hybridized carbons (Fsp3) is 0.500. The van der Waals surface area contributed by atoms with Gasteiger partial charge < -0.3 is 42.9 Å². The minimum atomic E-state index is -1.09. The highest BCUT2D eigenvalue weighted by atomic mass is 16.4. The zero-order chi connectivity index (χ0) is 26.0. The molecule has 0 spiro atoms. The van der Waals surface area contributed by atoms with E-state index in [2.05, 4.69) is 15.6 Å². The first-order chi connectivity index (χ1) is 16.6. The van der Waals surface area contributed by atoms with Gasteiger partial charge >= 0.3 is 5.97 Å². The topological polar surface area (TPSA) is 226 Å². The Hall–Kier alpha value is -3.87. The number of phenols is 1. The number of guanidine groups is 1. The quantitative estimate of drug-likeness (QED) is 0.0972. The average Bonchev–Trinajstić information content (AvgIpc) is 3.31. The number of aliphatic carboxylic acids is 1. The number of benzene rings is 1. The number of aliphatic imine (C=N–C) groups is 1. The zero-order valence-corrected chi connectivity index (χ0v) is 19.4. The Balaban J connectivity index is 2.01. The van der Waals surface area contributed by atoms with Crippen LogP contribution in [-0.4, -0.2) is 82.5 Å². The number of hydrogen-bond donors (Lipinski definition) is 7. The molecule has 35 heavy (non-hydrogen) atoms. The predicted molar refractivity (Wildman–Crippen MR) is 127 cm³/mol. The third-order valence-corrected chi connectivity index (χ3v) is 5.59. The third kappa shape index (κ3) is 8.77.